The van der Waals surface area contributed by atoms with Gasteiger partial charge in [-0.1, -0.05) is 18.2 Å². The van der Waals surface area contributed by atoms with Crippen LogP contribution in [0.3, 0.4) is 0 Å². The molecule has 4 nitrogen and oxygen atoms in total. The molecule has 0 saturated heterocycles. The number of halogens is 1. The summed E-state index contributed by atoms with van der Waals surface area (Å²) in [5.74, 6) is 1.72. The standard InChI is InChI=1S/C26H18FN2O2/c1-29-21-13-15(17-6-4-12-28-26(17)30-2)8-10-18(21)19-5-3-7-23-24(19)25(29)20-14-16(27)9-11-22(20)31-23/h3-14H,1-2H3/q+1. The van der Waals surface area contributed by atoms with E-state index in [9.17, 15) is 4.39 Å². The molecule has 0 amide bonds. The first-order valence-corrected chi connectivity index (χ1v) is 10.0. The molecule has 5 aromatic rings. The van der Waals surface area contributed by atoms with Crippen LogP contribution in [0.4, 0.5) is 4.39 Å². The minimum Gasteiger partial charge on any atom is -0.481 e. The summed E-state index contributed by atoms with van der Waals surface area (Å²) in [7, 11) is 3.63. The topological polar surface area (TPSA) is 35.2 Å². The van der Waals surface area contributed by atoms with Gasteiger partial charge in [0.25, 0.3) is 0 Å². The number of aromatic nitrogens is 2. The van der Waals surface area contributed by atoms with E-state index >= 15 is 0 Å². The summed E-state index contributed by atoms with van der Waals surface area (Å²) in [6.45, 7) is 0. The van der Waals surface area contributed by atoms with Crippen molar-refractivity contribution in [1.29, 1.82) is 0 Å². The Kier molecular flexibility index (Phi) is 3.74. The summed E-state index contributed by atoms with van der Waals surface area (Å²) >= 11 is 0. The molecule has 0 N–H and O–H groups in total. The molecule has 0 aliphatic carbocycles. The van der Waals surface area contributed by atoms with Gasteiger partial charge in [0.2, 0.25) is 17.1 Å². The number of pyridine rings is 2. The van der Waals surface area contributed by atoms with Gasteiger partial charge in [0, 0.05) is 23.2 Å². The largest absolute Gasteiger partial charge is 0.481 e. The first-order chi connectivity index (χ1) is 15.2. The predicted molar refractivity (Wildman–Crippen MR) is 118 cm³/mol. The fraction of sp³-hybridized carbons (Fsp3) is 0.0769. The number of hydrogen-bond acceptors (Lipinski definition) is 3. The second-order valence-electron chi connectivity index (χ2n) is 7.62. The molecule has 0 fully saturated rings. The number of ether oxygens (including phenoxy) is 2. The molecule has 5 heteroatoms. The molecule has 0 bridgehead atoms. The van der Waals surface area contributed by atoms with Crippen LogP contribution in [0.1, 0.15) is 0 Å². The van der Waals surface area contributed by atoms with Gasteiger partial charge in [-0.05, 0) is 48.0 Å². The number of methoxy groups -OCH3 is 1. The van der Waals surface area contributed by atoms with Gasteiger partial charge in [0.15, 0.2) is 0 Å². The molecule has 0 radical (unpaired) electrons. The lowest BCUT2D eigenvalue weighted by Crippen LogP contribution is -2.33. The first-order valence-electron chi connectivity index (χ1n) is 10.0. The molecule has 1 aliphatic heterocycles. The first kappa shape index (κ1) is 17.8. The van der Waals surface area contributed by atoms with Crippen LogP contribution in [0.25, 0.3) is 44.1 Å². The third-order valence-electron chi connectivity index (χ3n) is 5.94. The van der Waals surface area contributed by atoms with Gasteiger partial charge in [0.1, 0.15) is 24.4 Å². The molecule has 2 aromatic heterocycles. The fourth-order valence-electron chi connectivity index (χ4n) is 4.56. The zero-order valence-electron chi connectivity index (χ0n) is 17.0. The van der Waals surface area contributed by atoms with E-state index < -0.39 is 0 Å². The molecule has 3 heterocycles. The van der Waals surface area contributed by atoms with Crippen LogP contribution in [0.5, 0.6) is 17.4 Å². The van der Waals surface area contributed by atoms with Crippen LogP contribution in [0.15, 0.2) is 72.9 Å². The van der Waals surface area contributed by atoms with E-state index in [1.807, 2.05) is 31.3 Å². The lowest BCUT2D eigenvalue weighted by atomic mass is 9.95. The van der Waals surface area contributed by atoms with Crippen LogP contribution in [-0.4, -0.2) is 12.1 Å². The highest BCUT2D eigenvalue weighted by molar-refractivity contribution is 6.13. The summed E-state index contributed by atoms with van der Waals surface area (Å²) in [4.78, 5) is 4.33. The Labute approximate surface area is 178 Å². The molecule has 31 heavy (non-hydrogen) atoms. The third kappa shape index (κ3) is 2.53. The lowest BCUT2D eigenvalue weighted by Gasteiger charge is -2.20. The van der Waals surface area contributed by atoms with Crippen molar-refractivity contribution in [3.63, 3.8) is 0 Å². The van der Waals surface area contributed by atoms with Gasteiger partial charge in [-0.2, -0.15) is 4.57 Å². The van der Waals surface area contributed by atoms with Crippen molar-refractivity contribution in [2.24, 2.45) is 7.05 Å². The van der Waals surface area contributed by atoms with Crippen LogP contribution in [-0.2, 0) is 7.05 Å². The number of fused-ring (bicyclic) bond motifs is 4. The second kappa shape index (κ2) is 6.51. The zero-order valence-corrected chi connectivity index (χ0v) is 17.0. The van der Waals surface area contributed by atoms with Crippen molar-refractivity contribution in [3.8, 4) is 39.8 Å². The van der Waals surface area contributed by atoms with E-state index in [0.29, 0.717) is 11.6 Å². The molecular weight excluding hydrogens is 391 g/mol. The Morgan fingerprint density at radius 2 is 1.81 bits per heavy atom. The smallest absolute Gasteiger partial charge is 0.228 e. The van der Waals surface area contributed by atoms with Crippen molar-refractivity contribution in [2.45, 2.75) is 0 Å². The highest BCUT2D eigenvalue weighted by Gasteiger charge is 2.30. The van der Waals surface area contributed by atoms with Gasteiger partial charge >= 0.3 is 0 Å². The number of hydrogen-bond donors (Lipinski definition) is 0. The summed E-state index contributed by atoms with van der Waals surface area (Å²) in [5.41, 5.74) is 4.64. The quantitative estimate of drug-likeness (QED) is 0.268. The highest BCUT2D eigenvalue weighted by Crippen LogP contribution is 2.46. The van der Waals surface area contributed by atoms with Crippen LogP contribution >= 0.6 is 0 Å². The van der Waals surface area contributed by atoms with E-state index in [4.69, 9.17) is 9.47 Å². The molecular formula is C26H18FN2O2+. The summed E-state index contributed by atoms with van der Waals surface area (Å²) in [5, 5.41) is 3.15. The number of aryl methyl sites for hydroxylation is 1. The molecule has 150 valence electrons. The predicted octanol–water partition coefficient (Wildman–Crippen LogP) is 5.80. The van der Waals surface area contributed by atoms with Crippen molar-refractivity contribution >= 4 is 21.7 Å². The molecule has 6 rings (SSSR count). The SMILES string of the molecule is COc1ncccc1-c1ccc2c3cccc4c3c([n+](C)c2c1)-c1cc(F)ccc1O4. The number of benzene rings is 3. The van der Waals surface area contributed by atoms with Crippen LogP contribution in [0.2, 0.25) is 0 Å². The fourth-order valence-corrected chi connectivity index (χ4v) is 4.56. The average Bonchev–Trinajstić information content (AvgIpc) is 2.81. The molecule has 0 unspecified atom stereocenters. The lowest BCUT2D eigenvalue weighted by molar-refractivity contribution is -0.632. The Balaban J connectivity index is 1.74. The Hall–Kier alpha value is -3.99. The molecule has 3 aromatic carbocycles. The monoisotopic (exact) mass is 409 g/mol. The summed E-state index contributed by atoms with van der Waals surface area (Å²) in [6, 6.07) is 20.9. The Morgan fingerprint density at radius 1 is 0.903 bits per heavy atom. The summed E-state index contributed by atoms with van der Waals surface area (Å²) in [6.07, 6.45) is 1.72. The Morgan fingerprint density at radius 3 is 2.68 bits per heavy atom. The van der Waals surface area contributed by atoms with Crippen LogP contribution < -0.4 is 14.0 Å². The van der Waals surface area contributed by atoms with E-state index in [1.165, 1.54) is 6.07 Å². The van der Waals surface area contributed by atoms with E-state index in [2.05, 4.69) is 33.8 Å². The average molecular weight is 409 g/mol. The Bertz CT molecular complexity index is 1530. The van der Waals surface area contributed by atoms with E-state index in [1.54, 1.807) is 25.4 Å². The van der Waals surface area contributed by atoms with Gasteiger partial charge in [0.05, 0.1) is 23.4 Å². The molecule has 0 spiro atoms. The second-order valence-corrected chi connectivity index (χ2v) is 7.62. The molecule has 1 aliphatic rings. The maximum atomic E-state index is 14.2. The highest BCUT2D eigenvalue weighted by atomic mass is 19.1. The van der Waals surface area contributed by atoms with E-state index in [0.717, 1.165) is 49.8 Å². The number of nitrogens with zero attached hydrogens (tertiary/aromatic N) is 2. The van der Waals surface area contributed by atoms with Crippen molar-refractivity contribution in [3.05, 3.63) is 78.7 Å². The van der Waals surface area contributed by atoms with Crippen molar-refractivity contribution in [2.75, 3.05) is 7.11 Å². The van der Waals surface area contributed by atoms with Crippen LogP contribution in [0, 0.1) is 5.82 Å². The minimum absolute atomic E-state index is 0.288. The minimum atomic E-state index is -0.288. The maximum absolute atomic E-state index is 14.2. The molecule has 0 saturated carbocycles. The normalized spacial score (nSPS) is 12.0. The van der Waals surface area contributed by atoms with Crippen molar-refractivity contribution < 1.29 is 18.4 Å². The zero-order chi connectivity index (χ0) is 21.1. The third-order valence-corrected chi connectivity index (χ3v) is 5.94. The van der Waals surface area contributed by atoms with Gasteiger partial charge in [-0.15, -0.1) is 0 Å². The van der Waals surface area contributed by atoms with E-state index in [-0.39, 0.29) is 5.82 Å². The summed E-state index contributed by atoms with van der Waals surface area (Å²) < 4.78 is 27.9. The maximum Gasteiger partial charge on any atom is 0.228 e. The van der Waals surface area contributed by atoms with Crippen molar-refractivity contribution in [1.82, 2.24) is 4.98 Å². The van der Waals surface area contributed by atoms with Gasteiger partial charge in [-0.3, -0.25) is 0 Å². The number of rotatable bonds is 2. The van der Waals surface area contributed by atoms with Gasteiger partial charge in [-0.25, -0.2) is 9.37 Å². The van der Waals surface area contributed by atoms with Gasteiger partial charge < -0.3 is 9.47 Å². The molecule has 0 atom stereocenters.